The summed E-state index contributed by atoms with van der Waals surface area (Å²) in [5.74, 6) is -4.89. The average molecular weight is 397 g/mol. The number of hydrogen-bond donors (Lipinski definition) is 2. The van der Waals surface area contributed by atoms with Crippen LogP contribution in [0, 0.1) is 0 Å². The van der Waals surface area contributed by atoms with Crippen LogP contribution in [0.4, 0.5) is 27.6 Å². The lowest BCUT2D eigenvalue weighted by molar-refractivity contribution is -0.290. The summed E-state index contributed by atoms with van der Waals surface area (Å²) in [7, 11) is 0. The van der Waals surface area contributed by atoms with Gasteiger partial charge in [0.05, 0.1) is 0 Å². The maximum absolute atomic E-state index is 12.7. The molecule has 0 aromatic heterocycles. The fourth-order valence-corrected chi connectivity index (χ4v) is 2.11. The number of anilines is 1. The van der Waals surface area contributed by atoms with E-state index < -0.39 is 18.7 Å². The smallest absolute Gasteiger partial charge is 0.456 e. The molecule has 1 aliphatic heterocycles. The SMILES string of the molecule is Cl.Cl.FC(F)(F)C(F)(F)COc1ccc(NC2CCNCC2)cc1. The van der Waals surface area contributed by atoms with Gasteiger partial charge in [-0.3, -0.25) is 0 Å². The van der Waals surface area contributed by atoms with Crippen molar-refractivity contribution in [2.24, 2.45) is 0 Å². The second-order valence-electron chi connectivity index (χ2n) is 5.18. The lowest BCUT2D eigenvalue weighted by Gasteiger charge is -2.24. The van der Waals surface area contributed by atoms with E-state index >= 15 is 0 Å². The first-order valence-electron chi connectivity index (χ1n) is 6.92. The largest absolute Gasteiger partial charge is 0.487 e. The zero-order valence-electron chi connectivity index (χ0n) is 12.5. The summed E-state index contributed by atoms with van der Waals surface area (Å²) < 4.78 is 66.1. The lowest BCUT2D eigenvalue weighted by atomic mass is 10.1. The quantitative estimate of drug-likeness (QED) is 0.729. The molecular formula is C14H19Cl2F5N2O. The summed E-state index contributed by atoms with van der Waals surface area (Å²) in [5.41, 5.74) is 0.779. The van der Waals surface area contributed by atoms with Crippen LogP contribution in [0.5, 0.6) is 5.75 Å². The molecule has 1 aliphatic rings. The summed E-state index contributed by atoms with van der Waals surface area (Å²) in [6.45, 7) is 0.119. The number of hydrogen-bond acceptors (Lipinski definition) is 3. The Morgan fingerprint density at radius 1 is 1.00 bits per heavy atom. The van der Waals surface area contributed by atoms with Gasteiger partial charge in [-0.05, 0) is 50.2 Å². The van der Waals surface area contributed by atoms with Crippen molar-refractivity contribution in [2.75, 3.05) is 25.0 Å². The van der Waals surface area contributed by atoms with E-state index in [0.29, 0.717) is 6.04 Å². The van der Waals surface area contributed by atoms with Crippen molar-refractivity contribution < 1.29 is 26.7 Å². The molecule has 0 amide bonds. The van der Waals surface area contributed by atoms with Crippen LogP contribution in [0.2, 0.25) is 0 Å². The molecule has 3 nitrogen and oxygen atoms in total. The highest BCUT2D eigenvalue weighted by Crippen LogP contribution is 2.35. The highest BCUT2D eigenvalue weighted by atomic mass is 35.5. The van der Waals surface area contributed by atoms with Gasteiger partial charge in [0.25, 0.3) is 0 Å². The minimum atomic E-state index is -5.61. The fraction of sp³-hybridized carbons (Fsp3) is 0.571. The minimum absolute atomic E-state index is 0. The Balaban J connectivity index is 0.00000264. The first-order chi connectivity index (χ1) is 10.3. The predicted octanol–water partition coefficient (Wildman–Crippen LogP) is 4.27. The number of alkyl halides is 5. The van der Waals surface area contributed by atoms with Gasteiger partial charge in [0.1, 0.15) is 5.75 Å². The molecule has 2 rings (SSSR count). The highest BCUT2D eigenvalue weighted by molar-refractivity contribution is 5.85. The number of benzene rings is 1. The normalized spacial score (nSPS) is 15.9. The Kier molecular flexibility index (Phi) is 9.09. The summed E-state index contributed by atoms with van der Waals surface area (Å²) in [6, 6.07) is 6.26. The monoisotopic (exact) mass is 396 g/mol. The maximum atomic E-state index is 12.7. The third kappa shape index (κ3) is 6.49. The van der Waals surface area contributed by atoms with E-state index in [-0.39, 0.29) is 30.6 Å². The van der Waals surface area contributed by atoms with Gasteiger partial charge < -0.3 is 15.4 Å². The van der Waals surface area contributed by atoms with Gasteiger partial charge in [0.15, 0.2) is 6.61 Å². The summed E-state index contributed by atoms with van der Waals surface area (Å²) in [4.78, 5) is 0. The van der Waals surface area contributed by atoms with E-state index in [1.807, 2.05) is 0 Å². The van der Waals surface area contributed by atoms with Gasteiger partial charge in [-0.2, -0.15) is 22.0 Å². The molecule has 1 heterocycles. The van der Waals surface area contributed by atoms with Crippen LogP contribution in [-0.4, -0.2) is 37.8 Å². The van der Waals surface area contributed by atoms with Gasteiger partial charge in [0, 0.05) is 11.7 Å². The fourth-order valence-electron chi connectivity index (χ4n) is 2.11. The number of nitrogens with one attached hydrogen (secondary N) is 2. The van der Waals surface area contributed by atoms with Gasteiger partial charge in [-0.25, -0.2) is 0 Å². The molecule has 2 N–H and O–H groups in total. The van der Waals surface area contributed by atoms with E-state index in [1.165, 1.54) is 12.1 Å². The van der Waals surface area contributed by atoms with Crippen LogP contribution in [0.25, 0.3) is 0 Å². The Morgan fingerprint density at radius 3 is 2.04 bits per heavy atom. The molecule has 0 bridgehead atoms. The Morgan fingerprint density at radius 2 is 1.54 bits per heavy atom. The van der Waals surface area contributed by atoms with Gasteiger partial charge in [-0.15, -0.1) is 24.8 Å². The molecule has 0 unspecified atom stereocenters. The van der Waals surface area contributed by atoms with Gasteiger partial charge in [-0.1, -0.05) is 0 Å². The molecule has 0 atom stereocenters. The van der Waals surface area contributed by atoms with Crippen molar-refractivity contribution in [3.8, 4) is 5.75 Å². The molecule has 0 saturated carbocycles. The first kappa shape index (κ1) is 23.0. The minimum Gasteiger partial charge on any atom is -0.487 e. The molecule has 1 saturated heterocycles. The van der Waals surface area contributed by atoms with Crippen molar-refractivity contribution in [1.29, 1.82) is 0 Å². The van der Waals surface area contributed by atoms with Crippen molar-refractivity contribution in [3.05, 3.63) is 24.3 Å². The number of ether oxygens (including phenoxy) is 1. The highest BCUT2D eigenvalue weighted by Gasteiger charge is 2.58. The van der Waals surface area contributed by atoms with Crippen molar-refractivity contribution in [2.45, 2.75) is 31.0 Å². The third-order valence-electron chi connectivity index (χ3n) is 3.40. The maximum Gasteiger partial charge on any atom is 0.456 e. The standard InChI is InChI=1S/C14H17F5N2O.2ClH/c15-13(16,14(17,18)19)9-22-12-3-1-10(2-4-12)21-11-5-7-20-8-6-11;;/h1-4,11,20-21H,5-9H2;2*1H. The lowest BCUT2D eigenvalue weighted by Crippen LogP contribution is -2.41. The van der Waals surface area contributed by atoms with E-state index in [1.54, 1.807) is 12.1 Å². The molecule has 10 heteroatoms. The molecule has 1 aromatic rings. The zero-order chi connectivity index (χ0) is 16.2. The van der Waals surface area contributed by atoms with Gasteiger partial charge in [0.2, 0.25) is 0 Å². The molecule has 1 fully saturated rings. The Bertz CT molecular complexity index is 479. The second-order valence-corrected chi connectivity index (χ2v) is 5.18. The Hall–Kier alpha value is -0.990. The van der Waals surface area contributed by atoms with Gasteiger partial charge >= 0.3 is 12.1 Å². The van der Waals surface area contributed by atoms with Crippen molar-refractivity contribution >= 4 is 30.5 Å². The van der Waals surface area contributed by atoms with Crippen LogP contribution >= 0.6 is 24.8 Å². The first-order valence-corrected chi connectivity index (χ1v) is 6.92. The molecular weight excluding hydrogens is 378 g/mol. The van der Waals surface area contributed by atoms with Crippen LogP contribution in [0.3, 0.4) is 0 Å². The Labute approximate surface area is 149 Å². The van der Waals surface area contributed by atoms with Crippen LogP contribution in [-0.2, 0) is 0 Å². The zero-order valence-corrected chi connectivity index (χ0v) is 14.2. The molecule has 1 aromatic carbocycles. The van der Waals surface area contributed by atoms with E-state index in [2.05, 4.69) is 15.4 Å². The third-order valence-corrected chi connectivity index (χ3v) is 3.40. The second kappa shape index (κ2) is 9.48. The van der Waals surface area contributed by atoms with Crippen molar-refractivity contribution in [3.63, 3.8) is 0 Å². The van der Waals surface area contributed by atoms with Crippen LogP contribution in [0.15, 0.2) is 24.3 Å². The molecule has 0 radical (unpaired) electrons. The van der Waals surface area contributed by atoms with Crippen molar-refractivity contribution in [1.82, 2.24) is 5.32 Å². The summed E-state index contributed by atoms with van der Waals surface area (Å²) in [6.07, 6.45) is -3.67. The molecule has 0 spiro atoms. The number of piperidine rings is 1. The van der Waals surface area contributed by atoms with E-state index in [4.69, 9.17) is 0 Å². The number of halogens is 7. The summed E-state index contributed by atoms with van der Waals surface area (Å²) in [5, 5.41) is 6.51. The van der Waals surface area contributed by atoms with Crippen LogP contribution < -0.4 is 15.4 Å². The average Bonchev–Trinajstić information content (AvgIpc) is 2.46. The topological polar surface area (TPSA) is 33.3 Å². The van der Waals surface area contributed by atoms with Crippen LogP contribution in [0.1, 0.15) is 12.8 Å². The summed E-state index contributed by atoms with van der Waals surface area (Å²) >= 11 is 0. The molecule has 140 valence electrons. The predicted molar refractivity (Wildman–Crippen MR) is 86.9 cm³/mol. The molecule has 24 heavy (non-hydrogen) atoms. The molecule has 0 aliphatic carbocycles. The number of rotatable bonds is 5. The van der Waals surface area contributed by atoms with E-state index in [0.717, 1.165) is 31.6 Å². The van der Waals surface area contributed by atoms with E-state index in [9.17, 15) is 22.0 Å².